The number of phenols is 1. The van der Waals surface area contributed by atoms with Crippen LogP contribution in [0.2, 0.25) is 0 Å². The van der Waals surface area contributed by atoms with Crippen molar-refractivity contribution < 1.29 is 9.22 Å². The summed E-state index contributed by atoms with van der Waals surface area (Å²) < 4.78 is 29.5. The molecule has 9 aromatic rings. The quantitative estimate of drug-likeness (QED) is 0.157. The summed E-state index contributed by atoms with van der Waals surface area (Å²) in [5.41, 5.74) is 16.2. The normalized spacial score (nSPS) is 13.0. The van der Waals surface area contributed by atoms with Gasteiger partial charge in [0.1, 0.15) is 11.6 Å². The summed E-state index contributed by atoms with van der Waals surface area (Å²) in [6.45, 7) is 19.2. The minimum atomic E-state index is -2.52. The highest BCUT2D eigenvalue weighted by Crippen LogP contribution is 2.44. The van der Waals surface area contributed by atoms with Gasteiger partial charge in [0, 0.05) is 21.4 Å². The van der Waals surface area contributed by atoms with Crippen molar-refractivity contribution in [3.8, 4) is 78.6 Å². The van der Waals surface area contributed by atoms with Crippen molar-refractivity contribution in [1.29, 1.82) is 0 Å². The van der Waals surface area contributed by atoms with Gasteiger partial charge in [0.15, 0.2) is 0 Å². The van der Waals surface area contributed by atoms with E-state index in [0.717, 1.165) is 66.9 Å². The lowest BCUT2D eigenvalue weighted by Gasteiger charge is -2.26. The molecule has 0 spiro atoms. The fraction of sp³-hybridized carbons (Fsp3) is 0.238. The number of hydrogen-bond donors (Lipinski definition) is 1. The van der Waals surface area contributed by atoms with Gasteiger partial charge < -0.3 is 5.11 Å². The zero-order chi connectivity index (χ0) is 49.9. The summed E-state index contributed by atoms with van der Waals surface area (Å²) in [4.78, 5) is 10.5. The van der Waals surface area contributed by atoms with Crippen molar-refractivity contribution in [2.45, 2.75) is 98.8 Å². The molecule has 0 aliphatic rings. The summed E-state index contributed by atoms with van der Waals surface area (Å²) in [5.74, 6) is 0.760. The molecule has 67 heavy (non-hydrogen) atoms. The van der Waals surface area contributed by atoms with E-state index in [1.807, 2.05) is 89.6 Å². The fourth-order valence-electron chi connectivity index (χ4n) is 9.08. The first-order valence-electron chi connectivity index (χ1n) is 25.1. The van der Waals surface area contributed by atoms with Gasteiger partial charge in [0.2, 0.25) is 0 Å². The van der Waals surface area contributed by atoms with Gasteiger partial charge in [-0.1, -0.05) is 172 Å². The standard InChI is InChI=1S/C63H63N3O/c1-39(2)46-35-54(40(3)4)60(67)55(36-46)61-65-59-53(49-30-47(43-21-16-13-17-22-43)31-50(32-49)56-37-45(27-28-64-56)42-19-14-12-15-20-42)23-18-24-58(59)66(61)57-26-25-44(29-41(57)5)48-33-51(62(6,7)8)38-52(34-48)63(9,10)11/h12-40,67H,1-11H3/i5D3. The van der Waals surface area contributed by atoms with Gasteiger partial charge >= 0.3 is 0 Å². The monoisotopic (exact) mass is 881 g/mol. The molecule has 2 aromatic heterocycles. The Balaban J connectivity index is 1.34. The van der Waals surface area contributed by atoms with Crippen LogP contribution >= 0.6 is 0 Å². The highest BCUT2D eigenvalue weighted by Gasteiger charge is 2.26. The first kappa shape index (κ1) is 41.4. The molecule has 0 atom stereocenters. The van der Waals surface area contributed by atoms with E-state index in [1.165, 1.54) is 11.1 Å². The molecule has 7 aromatic carbocycles. The summed E-state index contributed by atoms with van der Waals surface area (Å²) in [7, 11) is 0. The lowest BCUT2D eigenvalue weighted by Crippen LogP contribution is -2.16. The molecule has 4 heteroatoms. The fourth-order valence-corrected chi connectivity index (χ4v) is 9.08. The van der Waals surface area contributed by atoms with Crippen LogP contribution in [0.1, 0.15) is 113 Å². The molecular formula is C63H63N3O. The number of pyridine rings is 1. The Bertz CT molecular complexity index is 3360. The lowest BCUT2D eigenvalue weighted by atomic mass is 9.79. The maximum absolute atomic E-state index is 12.4. The van der Waals surface area contributed by atoms with Crippen molar-refractivity contribution in [2.75, 3.05) is 0 Å². The largest absolute Gasteiger partial charge is 0.507 e. The summed E-state index contributed by atoms with van der Waals surface area (Å²) in [6, 6.07) is 54.1. The molecule has 0 aliphatic heterocycles. The number of para-hydroxylation sites is 1. The highest BCUT2D eigenvalue weighted by molar-refractivity contribution is 5.98. The van der Waals surface area contributed by atoms with Crippen molar-refractivity contribution in [3.63, 3.8) is 0 Å². The number of imidazole rings is 1. The van der Waals surface area contributed by atoms with Crippen LogP contribution in [0.3, 0.4) is 0 Å². The second kappa shape index (κ2) is 17.6. The van der Waals surface area contributed by atoms with Crippen LogP contribution in [0.4, 0.5) is 0 Å². The van der Waals surface area contributed by atoms with Crippen LogP contribution in [0.15, 0.2) is 164 Å². The van der Waals surface area contributed by atoms with Crippen molar-refractivity contribution in [1.82, 2.24) is 14.5 Å². The van der Waals surface area contributed by atoms with Crippen LogP contribution < -0.4 is 0 Å². The van der Waals surface area contributed by atoms with Crippen molar-refractivity contribution in [3.05, 3.63) is 192 Å². The van der Waals surface area contributed by atoms with Gasteiger partial charge in [-0.3, -0.25) is 9.55 Å². The molecule has 0 amide bonds. The summed E-state index contributed by atoms with van der Waals surface area (Å²) >= 11 is 0. The van der Waals surface area contributed by atoms with Crippen LogP contribution in [-0.4, -0.2) is 19.6 Å². The maximum atomic E-state index is 12.4. The number of hydrogen-bond acceptors (Lipinski definition) is 3. The molecule has 0 radical (unpaired) electrons. The van der Waals surface area contributed by atoms with Gasteiger partial charge in [-0.25, -0.2) is 4.98 Å². The number of aromatic hydroxyl groups is 1. The van der Waals surface area contributed by atoms with E-state index in [0.29, 0.717) is 28.1 Å². The van der Waals surface area contributed by atoms with Gasteiger partial charge in [0.25, 0.3) is 0 Å². The maximum Gasteiger partial charge on any atom is 0.149 e. The van der Waals surface area contributed by atoms with Crippen LogP contribution in [0.5, 0.6) is 5.75 Å². The van der Waals surface area contributed by atoms with E-state index < -0.39 is 6.85 Å². The predicted octanol–water partition coefficient (Wildman–Crippen LogP) is 17.3. The van der Waals surface area contributed by atoms with Gasteiger partial charge in [0.05, 0.1) is 28.0 Å². The molecule has 0 fully saturated rings. The van der Waals surface area contributed by atoms with E-state index in [9.17, 15) is 5.11 Å². The molecule has 0 saturated carbocycles. The van der Waals surface area contributed by atoms with Crippen LogP contribution in [0.25, 0.3) is 83.9 Å². The van der Waals surface area contributed by atoms with E-state index in [4.69, 9.17) is 14.1 Å². The molecule has 0 bridgehead atoms. The third-order valence-electron chi connectivity index (χ3n) is 13.1. The zero-order valence-electron chi connectivity index (χ0n) is 43.5. The summed E-state index contributed by atoms with van der Waals surface area (Å²) in [5, 5.41) is 12.4. The number of aryl methyl sites for hydroxylation is 1. The molecule has 4 nitrogen and oxygen atoms in total. The highest BCUT2D eigenvalue weighted by atomic mass is 16.3. The lowest BCUT2D eigenvalue weighted by molar-refractivity contribution is 0.466. The zero-order valence-corrected chi connectivity index (χ0v) is 40.5. The third kappa shape index (κ3) is 8.98. The number of phenolic OH excluding ortho intramolecular Hbond substituents is 1. The SMILES string of the molecule is [2H]C([2H])([2H])c1cc(-c2cc(C(C)(C)C)cc(C(C)(C)C)c2)ccc1-n1c(-c2cc(C(C)C)cc(C(C)C)c2O)nc2c(-c3cc(-c4ccccc4)cc(-c4cc(-c5ccccc5)ccn4)c3)cccc21. The third-order valence-corrected chi connectivity index (χ3v) is 13.1. The average Bonchev–Trinajstić information content (AvgIpc) is 3.72. The average molecular weight is 881 g/mol. The van der Waals surface area contributed by atoms with E-state index >= 15 is 0 Å². The molecule has 336 valence electrons. The number of rotatable bonds is 9. The Hall–Kier alpha value is -7.04. The van der Waals surface area contributed by atoms with Crippen molar-refractivity contribution >= 4 is 11.0 Å². The molecule has 1 N–H and O–H groups in total. The smallest absolute Gasteiger partial charge is 0.149 e. The first-order valence-corrected chi connectivity index (χ1v) is 23.6. The van der Waals surface area contributed by atoms with Gasteiger partial charge in [-0.2, -0.15) is 0 Å². The van der Waals surface area contributed by atoms with E-state index in [-0.39, 0.29) is 34.0 Å². The Kier molecular flexibility index (Phi) is 10.9. The molecule has 0 unspecified atom stereocenters. The Morgan fingerprint density at radius 3 is 1.76 bits per heavy atom. The second-order valence-corrected chi connectivity index (χ2v) is 20.8. The van der Waals surface area contributed by atoms with Crippen LogP contribution in [-0.2, 0) is 10.8 Å². The minimum absolute atomic E-state index is 0.0121. The number of fused-ring (bicyclic) bond motifs is 1. The Morgan fingerprint density at radius 2 is 1.13 bits per heavy atom. The molecule has 2 heterocycles. The molecule has 0 saturated heterocycles. The van der Waals surface area contributed by atoms with Gasteiger partial charge in [-0.15, -0.1) is 0 Å². The van der Waals surface area contributed by atoms with E-state index in [2.05, 4.69) is 148 Å². The molecular weight excluding hydrogens is 815 g/mol. The second-order valence-electron chi connectivity index (χ2n) is 20.8. The molecule has 0 aliphatic carbocycles. The molecule has 9 rings (SSSR count). The topological polar surface area (TPSA) is 50.9 Å². The first-order chi connectivity index (χ1) is 33.2. The Morgan fingerprint density at radius 1 is 0.522 bits per heavy atom. The number of benzene rings is 7. The van der Waals surface area contributed by atoms with Crippen molar-refractivity contribution in [2.24, 2.45) is 0 Å². The van der Waals surface area contributed by atoms with Crippen LogP contribution in [0, 0.1) is 6.85 Å². The van der Waals surface area contributed by atoms with Gasteiger partial charge in [-0.05, 0) is 151 Å². The number of aromatic nitrogens is 3. The minimum Gasteiger partial charge on any atom is -0.507 e. The predicted molar refractivity (Wildman–Crippen MR) is 283 cm³/mol. The van der Waals surface area contributed by atoms with E-state index in [1.54, 1.807) is 0 Å². The summed E-state index contributed by atoms with van der Waals surface area (Å²) in [6.07, 6.45) is 1.86. The Labute approximate surface area is 402 Å². The number of nitrogens with zero attached hydrogens (tertiary/aromatic N) is 3.